The number of benzene rings is 1. The number of aliphatic hydroxyl groups is 1. The first kappa shape index (κ1) is 18.5. The quantitative estimate of drug-likeness (QED) is 0.871. The van der Waals surface area contributed by atoms with Crippen molar-refractivity contribution < 1.29 is 14.7 Å². The molecule has 1 aromatic rings. The minimum atomic E-state index is -0.577. The molecule has 3 aliphatic rings. The summed E-state index contributed by atoms with van der Waals surface area (Å²) in [6.45, 7) is 1.27. The van der Waals surface area contributed by atoms with Crippen LogP contribution in [0.5, 0.6) is 0 Å². The highest BCUT2D eigenvalue weighted by atomic mass is 16.3. The van der Waals surface area contributed by atoms with Crippen molar-refractivity contribution in [3.8, 4) is 0 Å². The molecule has 1 aromatic carbocycles. The molecule has 1 saturated carbocycles. The van der Waals surface area contributed by atoms with E-state index in [2.05, 4.69) is 0 Å². The normalized spacial score (nSPS) is 28.7. The number of piperidine rings is 2. The lowest BCUT2D eigenvalue weighted by Gasteiger charge is -2.50. The maximum Gasteiger partial charge on any atom is 0.229 e. The summed E-state index contributed by atoms with van der Waals surface area (Å²) in [5.74, 6) is 0.591. The summed E-state index contributed by atoms with van der Waals surface area (Å²) >= 11 is 0. The molecule has 1 aliphatic carbocycles. The Labute approximate surface area is 161 Å². The van der Waals surface area contributed by atoms with E-state index in [0.29, 0.717) is 32.4 Å². The van der Waals surface area contributed by atoms with Gasteiger partial charge in [-0.2, -0.15) is 0 Å². The number of likely N-dealkylation sites (N-methyl/N-ethyl adjacent to an activating group) is 1. The van der Waals surface area contributed by atoms with Gasteiger partial charge in [-0.25, -0.2) is 0 Å². The van der Waals surface area contributed by atoms with Crippen molar-refractivity contribution in [3.63, 3.8) is 0 Å². The van der Waals surface area contributed by atoms with Crippen LogP contribution in [0.4, 0.5) is 0 Å². The average Bonchev–Trinajstić information content (AvgIpc) is 3.22. The van der Waals surface area contributed by atoms with Gasteiger partial charge in [0.25, 0.3) is 0 Å². The van der Waals surface area contributed by atoms with Gasteiger partial charge in [0.15, 0.2) is 0 Å². The van der Waals surface area contributed by atoms with E-state index in [9.17, 15) is 14.7 Å². The predicted octanol–water partition coefficient (Wildman–Crippen LogP) is 2.75. The van der Waals surface area contributed by atoms with Gasteiger partial charge in [0.05, 0.1) is 17.6 Å². The van der Waals surface area contributed by atoms with Crippen molar-refractivity contribution in [1.82, 2.24) is 9.80 Å². The minimum Gasteiger partial charge on any atom is -0.391 e. The number of hydrogen-bond donors (Lipinski definition) is 1. The third-order valence-electron chi connectivity index (χ3n) is 7.03. The molecule has 1 N–H and O–H groups in total. The molecule has 5 nitrogen and oxygen atoms in total. The number of carbonyl (C=O) groups excluding carboxylic acids is 2. The monoisotopic (exact) mass is 370 g/mol. The van der Waals surface area contributed by atoms with Crippen LogP contribution in [-0.2, 0) is 9.59 Å². The van der Waals surface area contributed by atoms with Crippen LogP contribution < -0.4 is 0 Å². The highest BCUT2D eigenvalue weighted by Crippen LogP contribution is 2.46. The molecule has 0 unspecified atom stereocenters. The van der Waals surface area contributed by atoms with E-state index in [1.165, 1.54) is 0 Å². The van der Waals surface area contributed by atoms with Crippen molar-refractivity contribution in [1.29, 1.82) is 0 Å². The van der Waals surface area contributed by atoms with Gasteiger partial charge in [0.2, 0.25) is 11.8 Å². The molecule has 2 atom stereocenters. The lowest BCUT2D eigenvalue weighted by Crippen LogP contribution is -2.58. The van der Waals surface area contributed by atoms with Gasteiger partial charge in [-0.15, -0.1) is 0 Å². The van der Waals surface area contributed by atoms with E-state index in [1.54, 1.807) is 11.9 Å². The first-order chi connectivity index (χ1) is 13.0. The third-order valence-corrected chi connectivity index (χ3v) is 7.03. The van der Waals surface area contributed by atoms with Crippen molar-refractivity contribution in [2.45, 2.75) is 57.1 Å². The number of carbonyl (C=O) groups is 2. The van der Waals surface area contributed by atoms with E-state index in [1.807, 2.05) is 35.2 Å². The Bertz CT molecular complexity index is 691. The summed E-state index contributed by atoms with van der Waals surface area (Å²) in [7, 11) is 1.81. The molecule has 1 spiro atoms. The van der Waals surface area contributed by atoms with Gasteiger partial charge >= 0.3 is 0 Å². The van der Waals surface area contributed by atoms with E-state index in [4.69, 9.17) is 0 Å². The molecule has 3 fully saturated rings. The average molecular weight is 370 g/mol. The Kier molecular flexibility index (Phi) is 4.97. The van der Waals surface area contributed by atoms with Crippen molar-refractivity contribution in [3.05, 3.63) is 35.9 Å². The van der Waals surface area contributed by atoms with E-state index < -0.39 is 11.5 Å². The second-order valence-electron chi connectivity index (χ2n) is 8.63. The van der Waals surface area contributed by atoms with Crippen LogP contribution in [0.25, 0.3) is 0 Å². The summed E-state index contributed by atoms with van der Waals surface area (Å²) in [4.78, 5) is 29.7. The number of nitrogens with zero attached hydrogens (tertiary/aromatic N) is 2. The van der Waals surface area contributed by atoms with Crippen molar-refractivity contribution in [2.24, 2.45) is 11.3 Å². The van der Waals surface area contributed by atoms with E-state index >= 15 is 0 Å². The Morgan fingerprint density at radius 2 is 1.74 bits per heavy atom. The van der Waals surface area contributed by atoms with Gasteiger partial charge in [-0.05, 0) is 37.7 Å². The van der Waals surface area contributed by atoms with Crippen molar-refractivity contribution in [2.75, 3.05) is 20.1 Å². The van der Waals surface area contributed by atoms with Crippen LogP contribution in [0.15, 0.2) is 30.3 Å². The first-order valence-electron chi connectivity index (χ1n) is 10.3. The molecular formula is C22H30N2O3. The number of aliphatic hydroxyl groups excluding tert-OH is 1. The molecule has 0 aromatic heterocycles. The molecule has 5 heteroatoms. The Morgan fingerprint density at radius 1 is 1.11 bits per heavy atom. The molecular weight excluding hydrogens is 340 g/mol. The Hall–Kier alpha value is -1.88. The molecule has 2 aliphatic heterocycles. The Balaban J connectivity index is 1.46. The summed E-state index contributed by atoms with van der Waals surface area (Å²) in [5, 5.41) is 10.9. The number of amides is 2. The second kappa shape index (κ2) is 7.27. The zero-order valence-corrected chi connectivity index (χ0v) is 16.1. The van der Waals surface area contributed by atoms with Gasteiger partial charge in [-0.3, -0.25) is 9.59 Å². The van der Waals surface area contributed by atoms with Crippen LogP contribution >= 0.6 is 0 Å². The molecule has 2 amide bonds. The molecule has 4 rings (SSSR count). The molecule has 0 bridgehead atoms. The van der Waals surface area contributed by atoms with Crippen LogP contribution in [0, 0.1) is 11.3 Å². The molecule has 2 heterocycles. The Morgan fingerprint density at radius 3 is 2.37 bits per heavy atom. The zero-order chi connectivity index (χ0) is 19.0. The number of rotatable bonds is 2. The largest absolute Gasteiger partial charge is 0.391 e. The molecule has 2 saturated heterocycles. The second-order valence-corrected chi connectivity index (χ2v) is 8.63. The highest BCUT2D eigenvalue weighted by molar-refractivity contribution is 5.85. The zero-order valence-electron chi connectivity index (χ0n) is 16.1. The fourth-order valence-electron chi connectivity index (χ4n) is 5.46. The predicted molar refractivity (Wildman–Crippen MR) is 103 cm³/mol. The van der Waals surface area contributed by atoms with Crippen LogP contribution in [-0.4, -0.2) is 53.0 Å². The highest BCUT2D eigenvalue weighted by Gasteiger charge is 2.51. The number of likely N-dealkylation sites (tertiary alicyclic amines) is 2. The SMILES string of the molecule is CN1C(=O)C2(CCN(C(=O)C3CCCC3)CC2)C[C@@H](O)[C@@H]1c1ccccc1. The molecule has 146 valence electrons. The maximum atomic E-state index is 13.3. The summed E-state index contributed by atoms with van der Waals surface area (Å²) in [5.41, 5.74) is 0.455. The van der Waals surface area contributed by atoms with Gasteiger partial charge < -0.3 is 14.9 Å². The number of hydrogen-bond acceptors (Lipinski definition) is 3. The summed E-state index contributed by atoms with van der Waals surface area (Å²) in [6.07, 6.45) is 5.57. The standard InChI is InChI=1S/C22H30N2O3/c1-23-19(16-7-3-2-4-8-16)18(25)15-22(21(23)27)11-13-24(14-12-22)20(26)17-9-5-6-10-17/h2-4,7-8,17-19,25H,5-6,9-15H2,1H3/t18-,19+/m1/s1. The maximum absolute atomic E-state index is 13.3. The van der Waals surface area contributed by atoms with Gasteiger partial charge in [0, 0.05) is 26.1 Å². The van der Waals surface area contributed by atoms with E-state index in [0.717, 1.165) is 31.2 Å². The molecule has 0 radical (unpaired) electrons. The minimum absolute atomic E-state index is 0.120. The van der Waals surface area contributed by atoms with Gasteiger partial charge in [-0.1, -0.05) is 43.2 Å². The topological polar surface area (TPSA) is 60.9 Å². The van der Waals surface area contributed by atoms with Crippen LogP contribution in [0.3, 0.4) is 0 Å². The van der Waals surface area contributed by atoms with Gasteiger partial charge in [0.1, 0.15) is 0 Å². The lowest BCUT2D eigenvalue weighted by molar-refractivity contribution is -0.163. The van der Waals surface area contributed by atoms with Crippen LogP contribution in [0.1, 0.15) is 56.6 Å². The third kappa shape index (κ3) is 3.27. The van der Waals surface area contributed by atoms with Crippen LogP contribution in [0.2, 0.25) is 0 Å². The van der Waals surface area contributed by atoms with Crippen molar-refractivity contribution >= 4 is 11.8 Å². The smallest absolute Gasteiger partial charge is 0.229 e. The first-order valence-corrected chi connectivity index (χ1v) is 10.3. The summed E-state index contributed by atoms with van der Waals surface area (Å²) < 4.78 is 0. The van der Waals surface area contributed by atoms with E-state index in [-0.39, 0.29) is 23.8 Å². The summed E-state index contributed by atoms with van der Waals surface area (Å²) in [6, 6.07) is 9.48. The lowest BCUT2D eigenvalue weighted by atomic mass is 9.68. The fraction of sp³-hybridized carbons (Fsp3) is 0.636. The fourth-order valence-corrected chi connectivity index (χ4v) is 5.46. The molecule has 27 heavy (non-hydrogen) atoms.